The van der Waals surface area contributed by atoms with E-state index in [2.05, 4.69) is 49.5 Å². The molecule has 3 heteroatoms. The third kappa shape index (κ3) is 2.74. The molecule has 0 unspecified atom stereocenters. The van der Waals surface area contributed by atoms with Gasteiger partial charge in [-0.25, -0.2) is 0 Å². The Balaban J connectivity index is 1.68. The number of furan rings is 1. The molecule has 0 aliphatic carbocycles. The monoisotopic (exact) mass is 335 g/mol. The minimum absolute atomic E-state index is 0.721. The Labute approximate surface area is 146 Å². The van der Waals surface area contributed by atoms with Crippen molar-refractivity contribution < 1.29 is 4.42 Å². The van der Waals surface area contributed by atoms with E-state index in [0.717, 1.165) is 39.2 Å². The van der Waals surface area contributed by atoms with Gasteiger partial charge in [0.15, 0.2) is 0 Å². The number of hydrogen-bond donors (Lipinski definition) is 1. The molecule has 0 amide bonds. The van der Waals surface area contributed by atoms with E-state index in [4.69, 9.17) is 16.0 Å². The molecule has 0 spiro atoms. The van der Waals surface area contributed by atoms with E-state index in [-0.39, 0.29) is 0 Å². The summed E-state index contributed by atoms with van der Waals surface area (Å²) in [7, 11) is 0. The van der Waals surface area contributed by atoms with Gasteiger partial charge in [-0.3, -0.25) is 0 Å². The molecular formula is C21H18ClNO. The van der Waals surface area contributed by atoms with Crippen molar-refractivity contribution in [2.45, 2.75) is 20.4 Å². The highest BCUT2D eigenvalue weighted by Crippen LogP contribution is 2.32. The highest BCUT2D eigenvalue weighted by atomic mass is 35.5. The minimum atomic E-state index is 0.721. The summed E-state index contributed by atoms with van der Waals surface area (Å²) in [6.45, 7) is 5.07. The zero-order chi connectivity index (χ0) is 16.7. The smallest absolute Gasteiger partial charge is 0.135 e. The topological polar surface area (TPSA) is 25.2 Å². The van der Waals surface area contributed by atoms with Crippen molar-refractivity contribution in [2.75, 3.05) is 5.32 Å². The molecule has 1 heterocycles. The van der Waals surface area contributed by atoms with Crippen molar-refractivity contribution >= 4 is 39.2 Å². The molecule has 4 rings (SSSR count). The van der Waals surface area contributed by atoms with Crippen LogP contribution in [0, 0.1) is 13.8 Å². The van der Waals surface area contributed by atoms with Gasteiger partial charge in [-0.05, 0) is 61.4 Å². The second-order valence-corrected chi connectivity index (χ2v) is 6.67. The maximum absolute atomic E-state index is 6.13. The fourth-order valence-electron chi connectivity index (χ4n) is 3.05. The first kappa shape index (κ1) is 15.1. The summed E-state index contributed by atoms with van der Waals surface area (Å²) in [5, 5.41) is 6.37. The van der Waals surface area contributed by atoms with E-state index in [1.807, 2.05) is 24.3 Å². The Morgan fingerprint density at radius 1 is 0.875 bits per heavy atom. The van der Waals surface area contributed by atoms with Crippen molar-refractivity contribution in [3.05, 3.63) is 76.3 Å². The van der Waals surface area contributed by atoms with Crippen molar-refractivity contribution in [2.24, 2.45) is 0 Å². The Morgan fingerprint density at radius 2 is 1.62 bits per heavy atom. The second-order valence-electron chi connectivity index (χ2n) is 6.24. The average Bonchev–Trinajstić information content (AvgIpc) is 2.93. The van der Waals surface area contributed by atoms with Crippen LogP contribution in [0.4, 0.5) is 5.69 Å². The number of benzene rings is 3. The minimum Gasteiger partial charge on any atom is -0.456 e. The van der Waals surface area contributed by atoms with E-state index >= 15 is 0 Å². The van der Waals surface area contributed by atoms with Gasteiger partial charge >= 0.3 is 0 Å². The number of nitrogens with one attached hydrogen (secondary N) is 1. The molecule has 0 atom stereocenters. The van der Waals surface area contributed by atoms with Crippen LogP contribution < -0.4 is 5.32 Å². The lowest BCUT2D eigenvalue weighted by Crippen LogP contribution is -2.01. The number of halogens is 1. The molecule has 2 nitrogen and oxygen atoms in total. The fourth-order valence-corrected chi connectivity index (χ4v) is 3.22. The lowest BCUT2D eigenvalue weighted by atomic mass is 10.1. The van der Waals surface area contributed by atoms with Gasteiger partial charge in [0, 0.05) is 28.0 Å². The van der Waals surface area contributed by atoms with Gasteiger partial charge in [0.2, 0.25) is 0 Å². The van der Waals surface area contributed by atoms with E-state index in [1.54, 1.807) is 0 Å². The molecule has 1 N–H and O–H groups in total. The molecule has 0 saturated heterocycles. The van der Waals surface area contributed by atoms with Crippen LogP contribution in [0.15, 0.2) is 59.0 Å². The molecule has 120 valence electrons. The van der Waals surface area contributed by atoms with Crippen LogP contribution in [0.2, 0.25) is 5.02 Å². The molecule has 0 fully saturated rings. The Bertz CT molecular complexity index is 1050. The van der Waals surface area contributed by atoms with E-state index in [0.29, 0.717) is 0 Å². The first-order valence-electron chi connectivity index (χ1n) is 8.02. The van der Waals surface area contributed by atoms with E-state index < -0.39 is 0 Å². The van der Waals surface area contributed by atoms with Crippen molar-refractivity contribution in [3.63, 3.8) is 0 Å². The summed E-state index contributed by atoms with van der Waals surface area (Å²) in [5.41, 5.74) is 6.71. The average molecular weight is 336 g/mol. The van der Waals surface area contributed by atoms with Gasteiger partial charge in [0.1, 0.15) is 11.2 Å². The fraction of sp³-hybridized carbons (Fsp3) is 0.143. The van der Waals surface area contributed by atoms with Crippen LogP contribution in [0.1, 0.15) is 16.7 Å². The number of rotatable bonds is 3. The van der Waals surface area contributed by atoms with E-state index in [1.165, 1.54) is 16.7 Å². The Hall–Kier alpha value is -2.45. The van der Waals surface area contributed by atoms with Gasteiger partial charge < -0.3 is 9.73 Å². The van der Waals surface area contributed by atoms with Crippen LogP contribution in [-0.2, 0) is 6.54 Å². The summed E-state index contributed by atoms with van der Waals surface area (Å²) in [4.78, 5) is 0. The van der Waals surface area contributed by atoms with Crippen LogP contribution in [-0.4, -0.2) is 0 Å². The number of aryl methyl sites for hydroxylation is 2. The molecule has 0 saturated carbocycles. The standard InChI is InChI=1S/C21H18ClNO/c1-13-3-4-14(2)15(9-13)12-23-17-6-8-21-19(11-17)18-10-16(22)5-7-20(18)24-21/h3-11,23H,12H2,1-2H3. The van der Waals surface area contributed by atoms with E-state index in [9.17, 15) is 0 Å². The van der Waals surface area contributed by atoms with Crippen LogP contribution in [0.5, 0.6) is 0 Å². The zero-order valence-corrected chi connectivity index (χ0v) is 14.4. The first-order chi connectivity index (χ1) is 11.6. The number of anilines is 1. The van der Waals surface area contributed by atoms with Crippen LogP contribution >= 0.6 is 11.6 Å². The normalized spacial score (nSPS) is 11.3. The highest BCUT2D eigenvalue weighted by Gasteiger charge is 2.08. The number of hydrogen-bond acceptors (Lipinski definition) is 2. The van der Waals surface area contributed by atoms with Gasteiger partial charge in [0.25, 0.3) is 0 Å². The molecular weight excluding hydrogens is 318 g/mol. The van der Waals surface area contributed by atoms with Gasteiger partial charge in [0.05, 0.1) is 0 Å². The maximum atomic E-state index is 6.13. The largest absolute Gasteiger partial charge is 0.456 e. The SMILES string of the molecule is Cc1ccc(C)c(CNc2ccc3oc4ccc(Cl)cc4c3c2)c1. The summed E-state index contributed by atoms with van der Waals surface area (Å²) >= 11 is 6.13. The molecule has 3 aromatic carbocycles. The summed E-state index contributed by atoms with van der Waals surface area (Å²) in [6, 6.07) is 18.5. The predicted octanol–water partition coefficient (Wildman–Crippen LogP) is 6.47. The first-order valence-corrected chi connectivity index (χ1v) is 8.40. The zero-order valence-electron chi connectivity index (χ0n) is 13.7. The lowest BCUT2D eigenvalue weighted by Gasteiger charge is -2.10. The second kappa shape index (κ2) is 5.88. The van der Waals surface area contributed by atoms with Gasteiger partial charge in [-0.15, -0.1) is 0 Å². The molecule has 1 aromatic heterocycles. The maximum Gasteiger partial charge on any atom is 0.135 e. The van der Waals surface area contributed by atoms with Crippen LogP contribution in [0.25, 0.3) is 21.9 Å². The molecule has 0 bridgehead atoms. The quantitative estimate of drug-likeness (QED) is 0.464. The highest BCUT2D eigenvalue weighted by molar-refractivity contribution is 6.31. The summed E-state index contributed by atoms with van der Waals surface area (Å²) in [5.74, 6) is 0. The van der Waals surface area contributed by atoms with Crippen molar-refractivity contribution in [1.82, 2.24) is 0 Å². The van der Waals surface area contributed by atoms with Crippen molar-refractivity contribution in [3.8, 4) is 0 Å². The number of fused-ring (bicyclic) bond motifs is 3. The van der Waals surface area contributed by atoms with Crippen molar-refractivity contribution in [1.29, 1.82) is 0 Å². The Morgan fingerprint density at radius 3 is 2.46 bits per heavy atom. The summed E-state index contributed by atoms with van der Waals surface area (Å²) < 4.78 is 5.87. The third-order valence-electron chi connectivity index (χ3n) is 4.42. The molecule has 0 radical (unpaired) electrons. The van der Waals surface area contributed by atoms with Gasteiger partial charge in [-0.2, -0.15) is 0 Å². The third-order valence-corrected chi connectivity index (χ3v) is 4.65. The predicted molar refractivity (Wildman–Crippen MR) is 102 cm³/mol. The molecule has 4 aromatic rings. The summed E-state index contributed by atoms with van der Waals surface area (Å²) in [6.07, 6.45) is 0. The van der Waals surface area contributed by atoms with Gasteiger partial charge in [-0.1, -0.05) is 35.4 Å². The molecule has 24 heavy (non-hydrogen) atoms. The van der Waals surface area contributed by atoms with Crippen LogP contribution in [0.3, 0.4) is 0 Å². The molecule has 0 aliphatic rings. The molecule has 0 aliphatic heterocycles. The lowest BCUT2D eigenvalue weighted by molar-refractivity contribution is 0.669. The Kier molecular flexibility index (Phi) is 3.70.